The Morgan fingerprint density at radius 1 is 1.14 bits per heavy atom. The van der Waals surface area contributed by atoms with Gasteiger partial charge in [0.05, 0.1) is 8.07 Å². The minimum absolute atomic E-state index is 0.811. The molecule has 0 radical (unpaired) electrons. The molecule has 0 unspecified atom stereocenters. The van der Waals surface area contributed by atoms with Crippen molar-refractivity contribution in [2.45, 2.75) is 31.6 Å². The van der Waals surface area contributed by atoms with Gasteiger partial charge in [-0.1, -0.05) is 55.0 Å². The lowest BCUT2D eigenvalue weighted by molar-refractivity contribution is 1.04. The number of rotatable bonds is 5. The van der Waals surface area contributed by atoms with E-state index in [-0.39, 0.29) is 0 Å². The third-order valence-corrected chi connectivity index (χ3v) is 5.85. The number of alkyl halides is 1. The Morgan fingerprint density at radius 2 is 1.79 bits per heavy atom. The summed E-state index contributed by atoms with van der Waals surface area (Å²) >= 11 is 5.73. The van der Waals surface area contributed by atoms with E-state index in [0.29, 0.717) is 0 Å². The fourth-order valence-electron chi connectivity index (χ4n) is 1.78. The Kier molecular flexibility index (Phi) is 4.69. The van der Waals surface area contributed by atoms with Crippen LogP contribution in [0.2, 0.25) is 19.1 Å². The van der Waals surface area contributed by atoms with Crippen molar-refractivity contribution >= 4 is 19.7 Å². The van der Waals surface area contributed by atoms with Crippen LogP contribution in [0.5, 0.6) is 0 Å². The molecule has 0 amide bonds. The third-order valence-electron chi connectivity index (χ3n) is 2.51. The molecule has 0 heterocycles. The van der Waals surface area contributed by atoms with Gasteiger partial charge in [0.1, 0.15) is 0 Å². The van der Waals surface area contributed by atoms with E-state index in [1.54, 1.807) is 0 Å². The maximum Gasteiger partial charge on any atom is 0.0518 e. The van der Waals surface area contributed by atoms with Gasteiger partial charge in [0.15, 0.2) is 0 Å². The molecule has 0 aliphatic rings. The van der Waals surface area contributed by atoms with Crippen molar-refractivity contribution in [1.29, 1.82) is 0 Å². The van der Waals surface area contributed by atoms with Gasteiger partial charge in [-0.25, -0.2) is 0 Å². The molecule has 0 nitrogen and oxygen atoms in total. The molecule has 0 N–H and O–H groups in total. The lowest BCUT2D eigenvalue weighted by atomic mass is 10.2. The van der Waals surface area contributed by atoms with Crippen molar-refractivity contribution in [3.8, 4) is 0 Å². The summed E-state index contributed by atoms with van der Waals surface area (Å²) < 4.78 is 0. The fourth-order valence-corrected chi connectivity index (χ4v) is 4.79. The van der Waals surface area contributed by atoms with E-state index in [1.807, 2.05) is 0 Å². The first-order valence-corrected chi connectivity index (χ1v) is 9.19. The Balaban J connectivity index is 2.50. The molecule has 1 aromatic rings. The molecule has 0 aromatic heterocycles. The SMILES string of the molecule is C[Si](C)(CCCCl)Cc1ccccc1. The van der Waals surface area contributed by atoms with Crippen LogP contribution in [0.15, 0.2) is 30.3 Å². The topological polar surface area (TPSA) is 0 Å². The average Bonchev–Trinajstić information content (AvgIpc) is 2.16. The molecule has 0 saturated heterocycles. The molecule has 1 aromatic carbocycles. The van der Waals surface area contributed by atoms with E-state index in [1.165, 1.54) is 24.1 Å². The van der Waals surface area contributed by atoms with E-state index >= 15 is 0 Å². The summed E-state index contributed by atoms with van der Waals surface area (Å²) in [6.07, 6.45) is 1.17. The summed E-state index contributed by atoms with van der Waals surface area (Å²) in [7, 11) is -1.05. The van der Waals surface area contributed by atoms with Crippen molar-refractivity contribution in [1.82, 2.24) is 0 Å². The van der Waals surface area contributed by atoms with E-state index in [4.69, 9.17) is 11.6 Å². The zero-order valence-electron chi connectivity index (χ0n) is 9.09. The van der Waals surface area contributed by atoms with Crippen LogP contribution in [0, 0.1) is 0 Å². The second kappa shape index (κ2) is 5.57. The standard InChI is InChI=1S/C12H19ClSi/c1-14(2,10-6-9-13)11-12-7-4-3-5-8-12/h3-5,7-8H,6,9-11H2,1-2H3. The molecule has 2 heteroatoms. The van der Waals surface area contributed by atoms with Crippen molar-refractivity contribution in [2.75, 3.05) is 5.88 Å². The number of halogens is 1. The molecule has 0 aliphatic heterocycles. The molecule has 14 heavy (non-hydrogen) atoms. The summed E-state index contributed by atoms with van der Waals surface area (Å²) in [6.45, 7) is 4.90. The zero-order chi connectivity index (χ0) is 10.4. The van der Waals surface area contributed by atoms with Crippen LogP contribution in [0.4, 0.5) is 0 Å². The van der Waals surface area contributed by atoms with Crippen molar-refractivity contribution in [3.05, 3.63) is 35.9 Å². The van der Waals surface area contributed by atoms with Gasteiger partial charge in [-0.3, -0.25) is 0 Å². The predicted molar refractivity (Wildman–Crippen MR) is 67.8 cm³/mol. The Labute approximate surface area is 93.3 Å². The van der Waals surface area contributed by atoms with Crippen LogP contribution >= 0.6 is 11.6 Å². The summed E-state index contributed by atoms with van der Waals surface area (Å²) in [6, 6.07) is 13.4. The monoisotopic (exact) mass is 226 g/mol. The molecular formula is C12H19ClSi. The number of hydrogen-bond donors (Lipinski definition) is 0. The smallest absolute Gasteiger partial charge is 0.0518 e. The van der Waals surface area contributed by atoms with Gasteiger partial charge in [0, 0.05) is 5.88 Å². The van der Waals surface area contributed by atoms with Crippen LogP contribution in [0.1, 0.15) is 12.0 Å². The van der Waals surface area contributed by atoms with E-state index < -0.39 is 8.07 Å². The summed E-state index contributed by atoms with van der Waals surface area (Å²) in [5.41, 5.74) is 1.48. The molecule has 0 saturated carbocycles. The van der Waals surface area contributed by atoms with Crippen molar-refractivity contribution < 1.29 is 0 Å². The molecule has 78 valence electrons. The molecule has 0 bridgehead atoms. The van der Waals surface area contributed by atoms with E-state index in [0.717, 1.165) is 5.88 Å². The highest BCUT2D eigenvalue weighted by Crippen LogP contribution is 2.18. The highest BCUT2D eigenvalue weighted by atomic mass is 35.5. The minimum Gasteiger partial charge on any atom is -0.127 e. The molecule has 0 spiro atoms. The van der Waals surface area contributed by atoms with Crippen LogP contribution in [0.25, 0.3) is 0 Å². The van der Waals surface area contributed by atoms with Crippen molar-refractivity contribution in [3.63, 3.8) is 0 Å². The second-order valence-electron chi connectivity index (χ2n) is 4.62. The normalized spacial score (nSPS) is 11.6. The predicted octanol–water partition coefficient (Wildman–Crippen LogP) is 4.11. The van der Waals surface area contributed by atoms with Gasteiger partial charge in [0.25, 0.3) is 0 Å². The average molecular weight is 227 g/mol. The van der Waals surface area contributed by atoms with Crippen LogP contribution < -0.4 is 0 Å². The van der Waals surface area contributed by atoms with Gasteiger partial charge in [-0.2, -0.15) is 0 Å². The highest BCUT2D eigenvalue weighted by Gasteiger charge is 2.19. The van der Waals surface area contributed by atoms with Gasteiger partial charge >= 0.3 is 0 Å². The van der Waals surface area contributed by atoms with Gasteiger partial charge < -0.3 is 0 Å². The Morgan fingerprint density at radius 3 is 2.36 bits per heavy atom. The zero-order valence-corrected chi connectivity index (χ0v) is 10.8. The molecule has 1 rings (SSSR count). The molecule has 0 atom stereocenters. The molecular weight excluding hydrogens is 208 g/mol. The second-order valence-corrected chi connectivity index (χ2v) is 10.2. The van der Waals surface area contributed by atoms with E-state index in [9.17, 15) is 0 Å². The Hall–Kier alpha value is -0.273. The first kappa shape index (κ1) is 11.8. The lowest BCUT2D eigenvalue weighted by Gasteiger charge is -2.21. The minimum atomic E-state index is -1.05. The molecule has 0 fully saturated rings. The quantitative estimate of drug-likeness (QED) is 0.524. The van der Waals surface area contributed by atoms with E-state index in [2.05, 4.69) is 43.4 Å². The largest absolute Gasteiger partial charge is 0.127 e. The van der Waals surface area contributed by atoms with Crippen LogP contribution in [0.3, 0.4) is 0 Å². The summed E-state index contributed by atoms with van der Waals surface area (Å²) in [5.74, 6) is 0.811. The summed E-state index contributed by atoms with van der Waals surface area (Å²) in [4.78, 5) is 0. The number of benzene rings is 1. The third kappa shape index (κ3) is 4.29. The van der Waals surface area contributed by atoms with Gasteiger partial charge in [-0.15, -0.1) is 11.6 Å². The maximum absolute atomic E-state index is 5.73. The maximum atomic E-state index is 5.73. The first-order valence-electron chi connectivity index (χ1n) is 5.24. The Bertz CT molecular complexity index is 256. The fraction of sp³-hybridized carbons (Fsp3) is 0.500. The first-order chi connectivity index (χ1) is 6.64. The van der Waals surface area contributed by atoms with Gasteiger partial charge in [-0.05, 0) is 12.5 Å². The highest BCUT2D eigenvalue weighted by molar-refractivity contribution is 6.76. The van der Waals surface area contributed by atoms with Crippen LogP contribution in [-0.4, -0.2) is 14.0 Å². The van der Waals surface area contributed by atoms with Crippen molar-refractivity contribution in [2.24, 2.45) is 0 Å². The van der Waals surface area contributed by atoms with Gasteiger partial charge in [0.2, 0.25) is 0 Å². The lowest BCUT2D eigenvalue weighted by Crippen LogP contribution is -2.29. The van der Waals surface area contributed by atoms with Crippen LogP contribution in [-0.2, 0) is 6.04 Å². The number of hydrogen-bond acceptors (Lipinski definition) is 0. The molecule has 0 aliphatic carbocycles. The summed E-state index contributed by atoms with van der Waals surface area (Å²) in [5, 5.41) is 0.